The van der Waals surface area contributed by atoms with Crippen LogP contribution in [-0.2, 0) is 6.42 Å². The van der Waals surface area contributed by atoms with E-state index in [1.165, 1.54) is 48.7 Å². The van der Waals surface area contributed by atoms with E-state index in [0.717, 1.165) is 52.1 Å². The largest absolute Gasteiger partial charge is 0.226 e. The highest BCUT2D eigenvalue weighted by molar-refractivity contribution is 7.26. The first kappa shape index (κ1) is 26.3. The van der Waals surface area contributed by atoms with Gasteiger partial charge >= 0.3 is 0 Å². The number of hydrogen-bond acceptors (Lipinski definition) is 3. The van der Waals surface area contributed by atoms with Crippen LogP contribution in [0.25, 0.3) is 65.1 Å². The van der Waals surface area contributed by atoms with Gasteiger partial charge in [-0.3, -0.25) is 0 Å². The summed E-state index contributed by atoms with van der Waals surface area (Å²) >= 11 is 1.78. The van der Waals surface area contributed by atoms with Crippen LogP contribution >= 0.6 is 11.3 Å². The molecule has 0 radical (unpaired) electrons. The Kier molecular flexibility index (Phi) is 6.31. The summed E-state index contributed by atoms with van der Waals surface area (Å²) in [7, 11) is 0. The summed E-state index contributed by atoms with van der Waals surface area (Å²) in [6, 6.07) is 39.7. The Morgan fingerprint density at radius 2 is 1.53 bits per heavy atom. The van der Waals surface area contributed by atoms with Gasteiger partial charge in [-0.2, -0.15) is 0 Å². The van der Waals surface area contributed by atoms with Crippen molar-refractivity contribution in [3.8, 4) is 22.4 Å². The van der Waals surface area contributed by atoms with Crippen molar-refractivity contribution < 1.29 is 0 Å². The first-order valence-electron chi connectivity index (χ1n) is 15.7. The van der Waals surface area contributed by atoms with Crippen LogP contribution in [0, 0.1) is 0 Å². The van der Waals surface area contributed by atoms with Gasteiger partial charge in [-0.1, -0.05) is 127 Å². The van der Waals surface area contributed by atoms with Crippen molar-refractivity contribution in [2.45, 2.75) is 25.2 Å². The lowest BCUT2D eigenvalue weighted by molar-refractivity contribution is 0.855. The smallest absolute Gasteiger partial charge is 0.160 e. The van der Waals surface area contributed by atoms with Crippen molar-refractivity contribution >= 4 is 54.1 Å². The van der Waals surface area contributed by atoms with Gasteiger partial charge in [-0.15, -0.1) is 11.3 Å². The molecule has 2 nitrogen and oxygen atoms in total. The molecule has 0 N–H and O–H groups in total. The molecule has 0 fully saturated rings. The number of hydrogen-bond donors (Lipinski definition) is 0. The van der Waals surface area contributed by atoms with Gasteiger partial charge in [-0.05, 0) is 70.0 Å². The maximum absolute atomic E-state index is 5.22. The quantitative estimate of drug-likeness (QED) is 0.203. The van der Waals surface area contributed by atoms with Gasteiger partial charge in [0, 0.05) is 27.1 Å². The molecule has 214 valence electrons. The number of allylic oxidation sites excluding steroid dienone is 5. The Bertz CT molecular complexity index is 2360. The average Bonchev–Trinajstić information content (AvgIpc) is 3.50. The number of benzene rings is 5. The van der Waals surface area contributed by atoms with E-state index in [4.69, 9.17) is 9.97 Å². The number of aromatic nitrogens is 2. The third-order valence-electron chi connectivity index (χ3n) is 9.26. The van der Waals surface area contributed by atoms with E-state index < -0.39 is 0 Å². The highest BCUT2D eigenvalue weighted by Gasteiger charge is 2.20. The van der Waals surface area contributed by atoms with Crippen LogP contribution in [0.2, 0.25) is 0 Å². The molecular formula is C42H30N2S. The second kappa shape index (κ2) is 10.8. The molecule has 3 heteroatoms. The number of thiophene rings is 1. The van der Waals surface area contributed by atoms with Crippen LogP contribution in [-0.4, -0.2) is 9.97 Å². The van der Waals surface area contributed by atoms with Crippen molar-refractivity contribution in [2.24, 2.45) is 0 Å². The Balaban J connectivity index is 1.11. The molecular weight excluding hydrogens is 565 g/mol. The highest BCUT2D eigenvalue weighted by Crippen LogP contribution is 2.40. The maximum atomic E-state index is 5.22. The van der Waals surface area contributed by atoms with Crippen LogP contribution in [0.3, 0.4) is 0 Å². The van der Waals surface area contributed by atoms with Gasteiger partial charge in [-0.25, -0.2) is 9.97 Å². The lowest BCUT2D eigenvalue weighted by Crippen LogP contribution is -2.03. The van der Waals surface area contributed by atoms with E-state index in [0.29, 0.717) is 0 Å². The molecule has 45 heavy (non-hydrogen) atoms. The summed E-state index contributed by atoms with van der Waals surface area (Å²) in [6.07, 6.45) is 14.7. The standard InChI is InChI=1S/C42H30N2S/c1-2-11-28(12-3-1)39-41-40(37-18-6-7-19-38(37)45-41)44-42(43-39)34-16-9-15-31(26-34)29-13-8-14-30(24-29)32-22-23-36-33(25-32)21-20-27-10-4-5-17-35(27)36/h1-3,5-9,11-14,16-26,31H,4,10,15H2. The Labute approximate surface area is 266 Å². The lowest BCUT2D eigenvalue weighted by atomic mass is 9.87. The van der Waals surface area contributed by atoms with Crippen LogP contribution in [0.1, 0.15) is 41.3 Å². The van der Waals surface area contributed by atoms with Crippen LogP contribution in [0.4, 0.5) is 0 Å². The van der Waals surface area contributed by atoms with E-state index in [2.05, 4.69) is 140 Å². The molecule has 1 unspecified atom stereocenters. The predicted octanol–water partition coefficient (Wildman–Crippen LogP) is 11.4. The number of aryl methyl sites for hydroxylation is 1. The van der Waals surface area contributed by atoms with E-state index in [9.17, 15) is 0 Å². The SMILES string of the molecule is C1=Cc2c(ccc3cc(-c4cccc(C5C=C(c6nc(-c7ccccc7)c7sc8ccccc8c7n6)C=CC5)c4)ccc23)CC1. The minimum atomic E-state index is 0.251. The van der Waals surface area contributed by atoms with Crippen LogP contribution in [0.5, 0.6) is 0 Å². The molecule has 0 amide bonds. The molecule has 1 atom stereocenters. The van der Waals surface area contributed by atoms with Gasteiger partial charge in [0.15, 0.2) is 5.82 Å². The summed E-state index contributed by atoms with van der Waals surface area (Å²) in [5.74, 6) is 1.04. The van der Waals surface area contributed by atoms with E-state index in [1.54, 1.807) is 11.3 Å². The molecule has 0 aliphatic heterocycles. The number of rotatable bonds is 4. The van der Waals surface area contributed by atoms with Gasteiger partial charge in [0.1, 0.15) is 0 Å². The van der Waals surface area contributed by atoms with Crippen molar-refractivity contribution in [2.75, 3.05) is 0 Å². The monoisotopic (exact) mass is 594 g/mol. The minimum absolute atomic E-state index is 0.251. The summed E-state index contributed by atoms with van der Waals surface area (Å²) < 4.78 is 2.38. The molecule has 2 aliphatic rings. The zero-order valence-electron chi connectivity index (χ0n) is 24.8. The summed E-state index contributed by atoms with van der Waals surface area (Å²) in [5, 5.41) is 3.84. The van der Waals surface area contributed by atoms with E-state index in [-0.39, 0.29) is 5.92 Å². The fourth-order valence-electron chi connectivity index (χ4n) is 6.96. The lowest BCUT2D eigenvalue weighted by Gasteiger charge is -2.18. The van der Waals surface area contributed by atoms with Gasteiger partial charge in [0.05, 0.1) is 15.9 Å². The normalized spacial score (nSPS) is 15.9. The second-order valence-electron chi connectivity index (χ2n) is 12.0. The molecule has 0 saturated carbocycles. The topological polar surface area (TPSA) is 25.8 Å². The first-order valence-corrected chi connectivity index (χ1v) is 16.6. The van der Waals surface area contributed by atoms with E-state index in [1.807, 2.05) is 0 Å². The van der Waals surface area contributed by atoms with Crippen LogP contribution < -0.4 is 0 Å². The molecule has 0 bridgehead atoms. The molecule has 5 aromatic carbocycles. The first-order chi connectivity index (χ1) is 22.3. The molecule has 9 rings (SSSR count). The molecule has 2 heterocycles. The minimum Gasteiger partial charge on any atom is -0.226 e. The van der Waals surface area contributed by atoms with Crippen LogP contribution in [0.15, 0.2) is 133 Å². The third-order valence-corrected chi connectivity index (χ3v) is 10.4. The third kappa shape index (κ3) is 4.63. The maximum Gasteiger partial charge on any atom is 0.160 e. The van der Waals surface area contributed by atoms with Gasteiger partial charge < -0.3 is 0 Å². The van der Waals surface area contributed by atoms with Gasteiger partial charge in [0.25, 0.3) is 0 Å². The average molecular weight is 595 g/mol. The predicted molar refractivity (Wildman–Crippen MR) is 192 cm³/mol. The molecule has 2 aromatic heterocycles. The number of fused-ring (bicyclic) bond motifs is 6. The van der Waals surface area contributed by atoms with Gasteiger partial charge in [0.2, 0.25) is 0 Å². The highest BCUT2D eigenvalue weighted by atomic mass is 32.1. The zero-order chi connectivity index (χ0) is 29.7. The fourth-order valence-corrected chi connectivity index (χ4v) is 8.11. The van der Waals surface area contributed by atoms with Crippen molar-refractivity contribution in [3.63, 3.8) is 0 Å². The van der Waals surface area contributed by atoms with Crippen molar-refractivity contribution in [3.05, 3.63) is 156 Å². The molecule has 0 spiro atoms. The molecule has 2 aliphatic carbocycles. The summed E-state index contributed by atoms with van der Waals surface area (Å²) in [4.78, 5) is 10.4. The summed E-state index contributed by atoms with van der Waals surface area (Å²) in [5.41, 5.74) is 10.9. The second-order valence-corrected chi connectivity index (χ2v) is 13.1. The Morgan fingerprint density at radius 1 is 0.667 bits per heavy atom. The Hall–Kier alpha value is -5.12. The zero-order valence-corrected chi connectivity index (χ0v) is 25.6. The van der Waals surface area contributed by atoms with Crippen molar-refractivity contribution in [1.29, 1.82) is 0 Å². The van der Waals surface area contributed by atoms with Crippen molar-refractivity contribution in [1.82, 2.24) is 9.97 Å². The number of nitrogens with zero attached hydrogens (tertiary/aromatic N) is 2. The molecule has 7 aromatic rings. The molecule has 0 saturated heterocycles. The fraction of sp³-hybridized carbons (Fsp3) is 0.0952. The van der Waals surface area contributed by atoms with E-state index >= 15 is 0 Å². The summed E-state index contributed by atoms with van der Waals surface area (Å²) in [6.45, 7) is 0. The Morgan fingerprint density at radius 3 is 2.49 bits per heavy atom.